The zero-order chi connectivity index (χ0) is 30.3. The molecule has 8 aromatic rings. The number of rotatable bonds is 4. The van der Waals surface area contributed by atoms with Crippen molar-refractivity contribution in [3.05, 3.63) is 133 Å². The lowest BCUT2D eigenvalue weighted by atomic mass is 9.95. The van der Waals surface area contributed by atoms with E-state index in [1.165, 1.54) is 30.9 Å². The van der Waals surface area contributed by atoms with Crippen LogP contribution in [-0.2, 0) is 0 Å². The molecular weight excluding hydrogens is 573 g/mol. The van der Waals surface area contributed by atoms with Gasteiger partial charge in [0, 0.05) is 56.1 Å². The Kier molecular flexibility index (Phi) is 6.31. The molecule has 3 aromatic carbocycles. The average Bonchev–Trinajstić information content (AvgIpc) is 3.49. The third kappa shape index (κ3) is 4.65. The normalized spacial score (nSPS) is 11.1. The Morgan fingerprint density at radius 3 is 1.73 bits per heavy atom. The number of aromatic nitrogens is 4. The molecule has 0 bridgehead atoms. The Morgan fingerprint density at radius 2 is 1.11 bits per heavy atom. The summed E-state index contributed by atoms with van der Waals surface area (Å²) in [5, 5.41) is 23.3. The van der Waals surface area contributed by atoms with E-state index in [9.17, 15) is 10.5 Å². The molecule has 0 radical (unpaired) electrons. The number of nitrogens with zero attached hydrogens (tertiary/aromatic N) is 6. The van der Waals surface area contributed by atoms with Gasteiger partial charge in [0.1, 0.15) is 0 Å². The van der Waals surface area contributed by atoms with Gasteiger partial charge in [0.05, 0.1) is 46.0 Å². The van der Waals surface area contributed by atoms with Crippen molar-refractivity contribution < 1.29 is 0 Å². The second-order valence-electron chi connectivity index (χ2n) is 10.6. The molecule has 208 valence electrons. The quantitative estimate of drug-likeness (QED) is 0.202. The summed E-state index contributed by atoms with van der Waals surface area (Å²) >= 11 is 1.78. The van der Waals surface area contributed by atoms with Crippen molar-refractivity contribution in [2.75, 3.05) is 0 Å². The summed E-state index contributed by atoms with van der Waals surface area (Å²) in [4.78, 5) is 18.1. The van der Waals surface area contributed by atoms with E-state index in [0.29, 0.717) is 22.5 Å². The number of nitriles is 2. The maximum Gasteiger partial charge on any atom is 0.0992 e. The molecule has 0 aliphatic carbocycles. The number of benzene rings is 3. The molecule has 0 amide bonds. The Bertz CT molecular complexity index is 2500. The van der Waals surface area contributed by atoms with Gasteiger partial charge in [-0.2, -0.15) is 10.5 Å². The van der Waals surface area contributed by atoms with Gasteiger partial charge in [-0.05, 0) is 70.4 Å². The van der Waals surface area contributed by atoms with E-state index in [-0.39, 0.29) is 0 Å². The lowest BCUT2D eigenvalue weighted by Gasteiger charge is -2.10. The highest BCUT2D eigenvalue weighted by molar-refractivity contribution is 7.26. The summed E-state index contributed by atoms with van der Waals surface area (Å²) in [6.45, 7) is 0. The second-order valence-corrected chi connectivity index (χ2v) is 11.7. The molecular formula is C38H20N6S. The molecule has 0 saturated heterocycles. The molecule has 45 heavy (non-hydrogen) atoms. The zero-order valence-electron chi connectivity index (χ0n) is 23.6. The van der Waals surface area contributed by atoms with Gasteiger partial charge in [-0.15, -0.1) is 11.3 Å². The standard InChI is InChI=1S/C38H20N6S/c39-19-23-11-13-41-34(15-23)32-9-6-26(21-43-32)25-5-8-30-36(17-25)45-37-18-31(28-3-1-2-4-29(28)38(30)37)27-7-10-33(44-22-27)35-16-24(20-40)12-14-42-35/h1-18,21-22H. The van der Waals surface area contributed by atoms with Crippen LogP contribution >= 0.6 is 11.3 Å². The van der Waals surface area contributed by atoms with Crippen molar-refractivity contribution in [2.24, 2.45) is 0 Å². The van der Waals surface area contributed by atoms with E-state index in [4.69, 9.17) is 4.98 Å². The lowest BCUT2D eigenvalue weighted by Crippen LogP contribution is -1.90. The molecule has 6 nitrogen and oxygen atoms in total. The SMILES string of the molecule is N#Cc1ccnc(-c2ccc(-c3ccc4c(c3)sc3cc(-c5ccc(-c6cc(C#N)ccn6)nc5)c5ccccc5c34)cn2)c1. The number of hydrogen-bond donors (Lipinski definition) is 0. The summed E-state index contributed by atoms with van der Waals surface area (Å²) in [6.07, 6.45) is 7.02. The number of fused-ring (bicyclic) bond motifs is 5. The Morgan fingerprint density at radius 1 is 0.489 bits per heavy atom. The van der Waals surface area contributed by atoms with Crippen molar-refractivity contribution in [3.63, 3.8) is 0 Å². The third-order valence-electron chi connectivity index (χ3n) is 7.95. The van der Waals surface area contributed by atoms with Crippen LogP contribution in [0.1, 0.15) is 11.1 Å². The van der Waals surface area contributed by atoms with Gasteiger partial charge in [-0.1, -0.05) is 48.5 Å². The van der Waals surface area contributed by atoms with Gasteiger partial charge in [-0.25, -0.2) is 0 Å². The minimum Gasteiger partial charge on any atom is -0.255 e. The van der Waals surface area contributed by atoms with Gasteiger partial charge in [0.2, 0.25) is 0 Å². The second kappa shape index (κ2) is 10.8. The van der Waals surface area contributed by atoms with Crippen LogP contribution < -0.4 is 0 Å². The first kappa shape index (κ1) is 26.4. The molecule has 5 heterocycles. The maximum absolute atomic E-state index is 9.27. The average molecular weight is 593 g/mol. The number of thiophene rings is 1. The highest BCUT2D eigenvalue weighted by Gasteiger charge is 2.15. The lowest BCUT2D eigenvalue weighted by molar-refractivity contribution is 1.24. The molecule has 0 spiro atoms. The smallest absolute Gasteiger partial charge is 0.0992 e. The molecule has 0 aliphatic rings. The van der Waals surface area contributed by atoms with Crippen LogP contribution in [0.15, 0.2) is 122 Å². The third-order valence-corrected chi connectivity index (χ3v) is 9.05. The van der Waals surface area contributed by atoms with Gasteiger partial charge in [0.25, 0.3) is 0 Å². The molecule has 0 N–H and O–H groups in total. The molecule has 7 heteroatoms. The highest BCUT2D eigenvalue weighted by atomic mass is 32.1. The summed E-state index contributed by atoms with van der Waals surface area (Å²) in [5.41, 5.74) is 8.18. The van der Waals surface area contributed by atoms with E-state index in [2.05, 4.69) is 81.7 Å². The van der Waals surface area contributed by atoms with E-state index in [1.54, 1.807) is 48.0 Å². The summed E-state index contributed by atoms with van der Waals surface area (Å²) in [7, 11) is 0. The molecule has 0 aliphatic heterocycles. The minimum atomic E-state index is 0.558. The van der Waals surface area contributed by atoms with E-state index < -0.39 is 0 Å². The predicted octanol–water partition coefficient (Wildman–Crippen LogP) is 9.20. The van der Waals surface area contributed by atoms with Crippen molar-refractivity contribution in [2.45, 2.75) is 0 Å². The highest BCUT2D eigenvalue weighted by Crippen LogP contribution is 2.43. The Balaban J connectivity index is 1.19. The molecule has 0 fully saturated rings. The predicted molar refractivity (Wildman–Crippen MR) is 179 cm³/mol. The van der Waals surface area contributed by atoms with Crippen LogP contribution in [0, 0.1) is 22.7 Å². The fourth-order valence-electron chi connectivity index (χ4n) is 5.76. The van der Waals surface area contributed by atoms with E-state index in [1.807, 2.05) is 30.6 Å². The molecule has 8 rings (SSSR count). The van der Waals surface area contributed by atoms with Crippen LogP contribution in [0.5, 0.6) is 0 Å². The van der Waals surface area contributed by atoms with Gasteiger partial charge in [-0.3, -0.25) is 19.9 Å². The zero-order valence-corrected chi connectivity index (χ0v) is 24.5. The van der Waals surface area contributed by atoms with Crippen molar-refractivity contribution in [1.29, 1.82) is 10.5 Å². The number of hydrogen-bond acceptors (Lipinski definition) is 7. The monoisotopic (exact) mass is 592 g/mol. The van der Waals surface area contributed by atoms with Gasteiger partial charge in [0.15, 0.2) is 0 Å². The molecule has 0 atom stereocenters. The fraction of sp³-hybridized carbons (Fsp3) is 0. The first-order chi connectivity index (χ1) is 22.2. The Hall–Kier alpha value is -6.28. The van der Waals surface area contributed by atoms with E-state index in [0.717, 1.165) is 33.6 Å². The summed E-state index contributed by atoms with van der Waals surface area (Å²) in [6, 6.07) is 36.6. The summed E-state index contributed by atoms with van der Waals surface area (Å²) in [5.74, 6) is 0. The van der Waals surface area contributed by atoms with Gasteiger partial charge < -0.3 is 0 Å². The minimum absolute atomic E-state index is 0.558. The Labute approximate surface area is 262 Å². The van der Waals surface area contributed by atoms with E-state index >= 15 is 0 Å². The molecule has 5 aromatic heterocycles. The first-order valence-corrected chi connectivity index (χ1v) is 15.0. The molecule has 0 unspecified atom stereocenters. The van der Waals surface area contributed by atoms with Crippen molar-refractivity contribution in [3.8, 4) is 57.2 Å². The van der Waals surface area contributed by atoms with Gasteiger partial charge >= 0.3 is 0 Å². The van der Waals surface area contributed by atoms with Crippen LogP contribution in [0.2, 0.25) is 0 Å². The first-order valence-electron chi connectivity index (χ1n) is 14.2. The topological polar surface area (TPSA) is 99.1 Å². The van der Waals surface area contributed by atoms with Crippen LogP contribution in [0.25, 0.3) is 76.0 Å². The maximum atomic E-state index is 9.27. The van der Waals surface area contributed by atoms with Crippen LogP contribution in [-0.4, -0.2) is 19.9 Å². The number of pyridine rings is 4. The fourth-order valence-corrected chi connectivity index (χ4v) is 6.96. The summed E-state index contributed by atoms with van der Waals surface area (Å²) < 4.78 is 2.41. The van der Waals surface area contributed by atoms with Crippen molar-refractivity contribution >= 4 is 42.3 Å². The van der Waals surface area contributed by atoms with Crippen LogP contribution in [0.4, 0.5) is 0 Å². The van der Waals surface area contributed by atoms with Crippen LogP contribution in [0.3, 0.4) is 0 Å². The largest absolute Gasteiger partial charge is 0.255 e. The molecule has 0 saturated carbocycles. The van der Waals surface area contributed by atoms with Crippen molar-refractivity contribution in [1.82, 2.24) is 19.9 Å².